The van der Waals surface area contributed by atoms with Crippen molar-refractivity contribution in [2.24, 2.45) is 11.7 Å². The van der Waals surface area contributed by atoms with Gasteiger partial charge in [0.1, 0.15) is 17.7 Å². The second-order valence-electron chi connectivity index (χ2n) is 3.43. The van der Waals surface area contributed by atoms with Crippen molar-refractivity contribution in [3.05, 3.63) is 34.3 Å². The van der Waals surface area contributed by atoms with Crippen molar-refractivity contribution in [3.63, 3.8) is 0 Å². The van der Waals surface area contributed by atoms with Gasteiger partial charge in [-0.3, -0.25) is 10.7 Å². The van der Waals surface area contributed by atoms with E-state index in [-0.39, 0.29) is 23.2 Å². The summed E-state index contributed by atoms with van der Waals surface area (Å²) in [5.41, 5.74) is 5.15. The van der Waals surface area contributed by atoms with Crippen LogP contribution >= 0.6 is 0 Å². The molecule has 0 heterocycles. The normalized spacial score (nSPS) is 10.7. The van der Waals surface area contributed by atoms with Crippen LogP contribution in [0.5, 0.6) is 0 Å². The van der Waals surface area contributed by atoms with Crippen molar-refractivity contribution < 1.29 is 4.79 Å². The Morgan fingerprint density at radius 2 is 1.83 bits per heavy atom. The van der Waals surface area contributed by atoms with Crippen molar-refractivity contribution in [2.75, 3.05) is 0 Å². The van der Waals surface area contributed by atoms with Crippen LogP contribution in [0.1, 0.15) is 13.8 Å². The standard InChI is InChI=1S/C12H11N4O.H3N/c1-8(2)11(10(6-14)7-15)4-3-9(5-13)12(16)17;/h3-4,8H,1-2H3,(H2,16,17);1H3/q-1;/p+1/b9-3+,11-4+;. The van der Waals surface area contributed by atoms with E-state index in [2.05, 4.69) is 0 Å². The third-order valence-corrected chi connectivity index (χ3v) is 1.95. The number of nitrogens with zero attached hydrogens (tertiary/aromatic N) is 3. The number of hydrogen-bond acceptors (Lipinski definition) is 3. The SMILES string of the molecule is CC(C)/C(=C\C=C(/C#N)C(N)=O)C(=C=[N-])C#N.[NH4+]. The molecule has 0 atom stereocenters. The van der Waals surface area contributed by atoms with Crippen LogP contribution in [0.4, 0.5) is 0 Å². The number of rotatable bonds is 4. The van der Waals surface area contributed by atoms with Gasteiger partial charge in [-0.1, -0.05) is 19.9 Å². The number of nitriles is 2. The monoisotopic (exact) mass is 245 g/mol. The van der Waals surface area contributed by atoms with Gasteiger partial charge in [-0.2, -0.15) is 10.5 Å². The molecule has 6 N–H and O–H groups in total. The minimum absolute atomic E-state index is 0. The Bertz CT molecular complexity index is 508. The maximum Gasteiger partial charge on any atom is 0.259 e. The molecule has 0 rings (SSSR count). The molecule has 0 unspecified atom stereocenters. The molecule has 6 heteroatoms. The summed E-state index contributed by atoms with van der Waals surface area (Å²) in [6.07, 6.45) is 2.61. The fraction of sp³-hybridized carbons (Fsp3) is 0.250. The van der Waals surface area contributed by atoms with Gasteiger partial charge in [-0.05, 0) is 17.6 Å². The van der Waals surface area contributed by atoms with Crippen molar-refractivity contribution >= 4 is 11.8 Å². The average molecular weight is 245 g/mol. The van der Waals surface area contributed by atoms with E-state index in [9.17, 15) is 4.79 Å². The van der Waals surface area contributed by atoms with E-state index in [0.717, 1.165) is 0 Å². The molecule has 1 amide bonds. The third-order valence-electron chi connectivity index (χ3n) is 1.95. The number of carbonyl (C=O) groups excluding carboxylic acids is 1. The molecule has 0 aromatic heterocycles. The fourth-order valence-corrected chi connectivity index (χ4v) is 1.07. The topological polar surface area (TPSA) is 149 Å². The summed E-state index contributed by atoms with van der Waals surface area (Å²) in [6.45, 7) is 3.59. The van der Waals surface area contributed by atoms with Crippen molar-refractivity contribution in [3.8, 4) is 12.1 Å². The van der Waals surface area contributed by atoms with E-state index in [1.807, 2.05) is 0 Å². The molecule has 6 nitrogen and oxygen atoms in total. The molecule has 0 bridgehead atoms. The van der Waals surface area contributed by atoms with Crippen LogP contribution in [-0.4, -0.2) is 11.8 Å². The number of hydrogen-bond donors (Lipinski definition) is 2. The first kappa shape index (κ1) is 17.7. The Kier molecular flexibility index (Phi) is 8.36. The lowest BCUT2D eigenvalue weighted by Gasteiger charge is -2.08. The van der Waals surface area contributed by atoms with Crippen LogP contribution in [0.25, 0.3) is 5.41 Å². The van der Waals surface area contributed by atoms with E-state index in [1.54, 1.807) is 31.9 Å². The maximum atomic E-state index is 10.8. The predicted octanol–water partition coefficient (Wildman–Crippen LogP) is 1.57. The van der Waals surface area contributed by atoms with Gasteiger partial charge in [0.25, 0.3) is 5.91 Å². The minimum atomic E-state index is -0.845. The molecule has 0 saturated carbocycles. The largest absolute Gasteiger partial charge is 0.762 e. The first-order chi connectivity index (χ1) is 7.97. The molecule has 0 aliphatic carbocycles. The summed E-state index contributed by atoms with van der Waals surface area (Å²) in [6, 6.07) is 3.40. The zero-order valence-corrected chi connectivity index (χ0v) is 10.6. The average Bonchev–Trinajstić information content (AvgIpc) is 2.27. The molecule has 0 spiro atoms. The number of primary amides is 1. The first-order valence-corrected chi connectivity index (χ1v) is 4.77. The molecule has 0 radical (unpaired) electrons. The number of nitrogens with two attached hydrogens (primary N) is 1. The highest BCUT2D eigenvalue weighted by molar-refractivity contribution is 5.96. The molecule has 0 fully saturated rings. The van der Waals surface area contributed by atoms with Crippen LogP contribution in [-0.2, 0) is 4.79 Å². The summed E-state index contributed by atoms with van der Waals surface area (Å²) in [5, 5.41) is 26.1. The lowest BCUT2D eigenvalue weighted by molar-refractivity contribution is -0.114. The smallest absolute Gasteiger partial charge is 0.259 e. The molecular formula is C12H15N5O. The summed E-state index contributed by atoms with van der Waals surface area (Å²) >= 11 is 0. The Hall–Kier alpha value is -2.66. The Morgan fingerprint density at radius 1 is 1.28 bits per heavy atom. The van der Waals surface area contributed by atoms with E-state index in [0.29, 0.717) is 5.57 Å². The number of allylic oxidation sites excluding steroid dienone is 4. The highest BCUT2D eigenvalue weighted by Crippen LogP contribution is 2.17. The Labute approximate surface area is 106 Å². The van der Waals surface area contributed by atoms with E-state index < -0.39 is 5.91 Å². The third kappa shape index (κ3) is 4.91. The molecule has 0 saturated heterocycles. The van der Waals surface area contributed by atoms with Crippen LogP contribution in [0, 0.1) is 28.6 Å². The maximum absolute atomic E-state index is 10.8. The van der Waals surface area contributed by atoms with Crippen LogP contribution in [0.3, 0.4) is 0 Å². The Balaban J connectivity index is 0. The highest BCUT2D eigenvalue weighted by atomic mass is 16.1. The highest BCUT2D eigenvalue weighted by Gasteiger charge is 2.08. The van der Waals surface area contributed by atoms with E-state index in [4.69, 9.17) is 21.7 Å². The molecule has 18 heavy (non-hydrogen) atoms. The fourth-order valence-electron chi connectivity index (χ4n) is 1.07. The number of quaternary nitrogens is 1. The second kappa shape index (κ2) is 8.49. The van der Waals surface area contributed by atoms with Crippen molar-refractivity contribution in [1.29, 1.82) is 10.5 Å². The van der Waals surface area contributed by atoms with Crippen molar-refractivity contribution in [1.82, 2.24) is 6.15 Å². The van der Waals surface area contributed by atoms with E-state index in [1.165, 1.54) is 12.2 Å². The van der Waals surface area contributed by atoms with Gasteiger partial charge in [0.05, 0.1) is 5.57 Å². The lowest BCUT2D eigenvalue weighted by Crippen LogP contribution is -2.12. The van der Waals surface area contributed by atoms with Gasteiger partial charge >= 0.3 is 0 Å². The summed E-state index contributed by atoms with van der Waals surface area (Å²) in [7, 11) is 0. The van der Waals surface area contributed by atoms with Crippen LogP contribution in [0.15, 0.2) is 28.9 Å². The second-order valence-corrected chi connectivity index (χ2v) is 3.43. The van der Waals surface area contributed by atoms with Gasteiger partial charge < -0.3 is 17.3 Å². The van der Waals surface area contributed by atoms with Gasteiger partial charge in [0.2, 0.25) is 0 Å². The number of amides is 1. The van der Waals surface area contributed by atoms with Crippen LogP contribution < -0.4 is 11.9 Å². The molecule has 0 aliphatic heterocycles. The number of carbonyl (C=O) groups is 1. The molecule has 0 aliphatic rings. The summed E-state index contributed by atoms with van der Waals surface area (Å²) in [4.78, 5) is 10.8. The van der Waals surface area contributed by atoms with E-state index >= 15 is 0 Å². The zero-order chi connectivity index (χ0) is 13.4. The summed E-state index contributed by atoms with van der Waals surface area (Å²) in [5.74, 6) is 0.842. The molecule has 94 valence electrons. The van der Waals surface area contributed by atoms with Gasteiger partial charge in [-0.25, -0.2) is 0 Å². The van der Waals surface area contributed by atoms with Gasteiger partial charge in [0.15, 0.2) is 0 Å². The zero-order valence-electron chi connectivity index (χ0n) is 10.6. The van der Waals surface area contributed by atoms with Crippen molar-refractivity contribution in [2.45, 2.75) is 13.8 Å². The predicted molar refractivity (Wildman–Crippen MR) is 69.3 cm³/mol. The molecular weight excluding hydrogens is 230 g/mol. The van der Waals surface area contributed by atoms with Gasteiger partial charge in [0, 0.05) is 0 Å². The van der Waals surface area contributed by atoms with Gasteiger partial charge in [-0.15, -0.1) is 0 Å². The summed E-state index contributed by atoms with van der Waals surface area (Å²) < 4.78 is 0. The quantitative estimate of drug-likeness (QED) is 0.335. The molecule has 0 aromatic carbocycles. The first-order valence-electron chi connectivity index (χ1n) is 4.77. The van der Waals surface area contributed by atoms with Crippen LogP contribution in [0.2, 0.25) is 0 Å². The minimum Gasteiger partial charge on any atom is -0.762 e. The lowest BCUT2D eigenvalue weighted by atomic mass is 9.96. The molecule has 0 aromatic rings. The Morgan fingerprint density at radius 3 is 2.11 bits per heavy atom.